The number of hydrogen-bond acceptors (Lipinski definition) is 5. The third-order valence-corrected chi connectivity index (χ3v) is 4.60. The van der Waals surface area contributed by atoms with Crippen molar-refractivity contribution in [3.05, 3.63) is 53.7 Å². The molecule has 0 radical (unpaired) electrons. The van der Waals surface area contributed by atoms with Crippen LogP contribution in [0.25, 0.3) is 0 Å². The minimum atomic E-state index is -0.244. The average Bonchev–Trinajstić information content (AvgIpc) is 3.02. The number of rotatable bonds is 5. The second-order valence-electron chi connectivity index (χ2n) is 6.29. The van der Waals surface area contributed by atoms with Crippen LogP contribution in [0.5, 0.6) is 0 Å². The van der Waals surface area contributed by atoms with Gasteiger partial charge in [0.2, 0.25) is 0 Å². The van der Waals surface area contributed by atoms with E-state index >= 15 is 0 Å². The van der Waals surface area contributed by atoms with E-state index in [-0.39, 0.29) is 24.5 Å². The Morgan fingerprint density at radius 1 is 1.42 bits per heavy atom. The normalized spacial score (nSPS) is 21.6. The Labute approximate surface area is 141 Å². The summed E-state index contributed by atoms with van der Waals surface area (Å²) in [5.41, 5.74) is 1.56. The molecule has 0 unspecified atom stereocenters. The molecule has 0 bridgehead atoms. The number of nitrogens with one attached hydrogen (secondary N) is 1. The van der Waals surface area contributed by atoms with E-state index < -0.39 is 0 Å². The monoisotopic (exact) mass is 329 g/mol. The lowest BCUT2D eigenvalue weighted by Crippen LogP contribution is -2.53. The number of aromatic nitrogens is 1. The maximum atomic E-state index is 12.4. The molecule has 0 aliphatic carbocycles. The summed E-state index contributed by atoms with van der Waals surface area (Å²) in [6, 6.07) is 10.2. The highest BCUT2D eigenvalue weighted by atomic mass is 16.3. The van der Waals surface area contributed by atoms with Gasteiger partial charge in [0, 0.05) is 31.7 Å². The van der Waals surface area contributed by atoms with Gasteiger partial charge in [0.25, 0.3) is 5.91 Å². The highest BCUT2D eigenvalue weighted by molar-refractivity contribution is 5.93. The molecule has 1 aliphatic heterocycles. The van der Waals surface area contributed by atoms with Gasteiger partial charge in [0.1, 0.15) is 5.76 Å². The van der Waals surface area contributed by atoms with Crippen LogP contribution in [0, 0.1) is 12.8 Å². The zero-order valence-electron chi connectivity index (χ0n) is 13.8. The van der Waals surface area contributed by atoms with Gasteiger partial charge in [-0.25, -0.2) is 4.98 Å². The third-order valence-electron chi connectivity index (χ3n) is 4.60. The first-order valence-electron chi connectivity index (χ1n) is 8.25. The molecule has 1 fully saturated rings. The molecule has 3 rings (SSSR count). The van der Waals surface area contributed by atoms with Gasteiger partial charge in [-0.15, -0.1) is 0 Å². The maximum Gasteiger partial charge on any atom is 0.273 e. The van der Waals surface area contributed by atoms with Crippen LogP contribution in [-0.2, 0) is 6.54 Å². The molecule has 6 nitrogen and oxygen atoms in total. The first kappa shape index (κ1) is 16.7. The lowest BCUT2D eigenvalue weighted by Gasteiger charge is -2.38. The number of piperidine rings is 1. The predicted octanol–water partition coefficient (Wildman–Crippen LogP) is 1.60. The fourth-order valence-corrected chi connectivity index (χ4v) is 3.20. The SMILES string of the molecule is Cc1ocnc1C(=O)N[C@@H]1CN(Cc2ccccc2)CC[C@@H]1CO. The number of hydrogen-bond donors (Lipinski definition) is 2. The van der Waals surface area contributed by atoms with E-state index in [0.29, 0.717) is 18.0 Å². The molecule has 1 aromatic heterocycles. The van der Waals surface area contributed by atoms with Crippen LogP contribution in [0.1, 0.15) is 28.2 Å². The van der Waals surface area contributed by atoms with Gasteiger partial charge in [-0.1, -0.05) is 30.3 Å². The molecule has 128 valence electrons. The van der Waals surface area contributed by atoms with Crippen molar-refractivity contribution in [2.24, 2.45) is 5.92 Å². The van der Waals surface area contributed by atoms with E-state index in [4.69, 9.17) is 4.42 Å². The first-order chi connectivity index (χ1) is 11.7. The number of carbonyl (C=O) groups excluding carboxylic acids is 1. The summed E-state index contributed by atoms with van der Waals surface area (Å²) in [5, 5.41) is 12.6. The number of amides is 1. The largest absolute Gasteiger partial charge is 0.448 e. The zero-order chi connectivity index (χ0) is 16.9. The van der Waals surface area contributed by atoms with Crippen molar-refractivity contribution in [1.82, 2.24) is 15.2 Å². The molecule has 1 aromatic carbocycles. The summed E-state index contributed by atoms with van der Waals surface area (Å²) >= 11 is 0. The Morgan fingerprint density at radius 2 is 2.21 bits per heavy atom. The van der Waals surface area contributed by atoms with E-state index in [1.807, 2.05) is 18.2 Å². The summed E-state index contributed by atoms with van der Waals surface area (Å²) in [5.74, 6) is 0.324. The molecule has 24 heavy (non-hydrogen) atoms. The maximum absolute atomic E-state index is 12.4. The standard InChI is InChI=1S/C18H23N3O3/c1-13-17(19-12-24-13)18(23)20-16-10-21(8-7-15(16)11-22)9-14-5-3-2-4-6-14/h2-6,12,15-16,22H,7-11H2,1H3,(H,20,23)/t15-,16-/m1/s1. The first-order valence-corrected chi connectivity index (χ1v) is 8.25. The molecule has 2 heterocycles. The number of aryl methyl sites for hydroxylation is 1. The van der Waals surface area contributed by atoms with Gasteiger partial charge in [0.05, 0.1) is 0 Å². The summed E-state index contributed by atoms with van der Waals surface area (Å²) < 4.78 is 5.10. The van der Waals surface area contributed by atoms with Crippen molar-refractivity contribution in [3.63, 3.8) is 0 Å². The number of oxazole rings is 1. The zero-order valence-corrected chi connectivity index (χ0v) is 13.8. The van der Waals surface area contributed by atoms with Crippen LogP contribution >= 0.6 is 0 Å². The highest BCUT2D eigenvalue weighted by Gasteiger charge is 2.31. The van der Waals surface area contributed by atoms with Gasteiger partial charge in [-0.2, -0.15) is 0 Å². The van der Waals surface area contributed by atoms with Crippen molar-refractivity contribution in [2.75, 3.05) is 19.7 Å². The van der Waals surface area contributed by atoms with Crippen LogP contribution in [0.2, 0.25) is 0 Å². The number of aliphatic hydroxyl groups is 1. The van der Waals surface area contributed by atoms with Crippen molar-refractivity contribution in [3.8, 4) is 0 Å². The highest BCUT2D eigenvalue weighted by Crippen LogP contribution is 2.20. The van der Waals surface area contributed by atoms with Gasteiger partial charge in [0.15, 0.2) is 12.1 Å². The Bertz CT molecular complexity index is 671. The van der Waals surface area contributed by atoms with E-state index in [2.05, 4.69) is 27.3 Å². The van der Waals surface area contributed by atoms with Gasteiger partial charge < -0.3 is 14.8 Å². The molecular weight excluding hydrogens is 306 g/mol. The van der Waals surface area contributed by atoms with Crippen LogP contribution < -0.4 is 5.32 Å². The Kier molecular flexibility index (Phi) is 5.27. The van der Waals surface area contributed by atoms with Gasteiger partial charge in [-0.3, -0.25) is 9.69 Å². The summed E-state index contributed by atoms with van der Waals surface area (Å²) in [6.07, 6.45) is 2.13. The van der Waals surface area contributed by atoms with E-state index in [0.717, 1.165) is 19.5 Å². The van der Waals surface area contributed by atoms with Crippen LogP contribution in [0.3, 0.4) is 0 Å². The van der Waals surface area contributed by atoms with E-state index in [1.165, 1.54) is 12.0 Å². The predicted molar refractivity (Wildman–Crippen MR) is 89.4 cm³/mol. The molecule has 2 aromatic rings. The van der Waals surface area contributed by atoms with Crippen LogP contribution in [-0.4, -0.2) is 46.6 Å². The molecular formula is C18H23N3O3. The van der Waals surface area contributed by atoms with Crippen molar-refractivity contribution < 1.29 is 14.3 Å². The van der Waals surface area contributed by atoms with Crippen LogP contribution in [0.4, 0.5) is 0 Å². The molecule has 1 aliphatic rings. The summed E-state index contributed by atoms with van der Waals surface area (Å²) in [7, 11) is 0. The Balaban J connectivity index is 1.65. The molecule has 6 heteroatoms. The minimum Gasteiger partial charge on any atom is -0.448 e. The fourth-order valence-electron chi connectivity index (χ4n) is 3.20. The Morgan fingerprint density at radius 3 is 2.88 bits per heavy atom. The second kappa shape index (κ2) is 7.59. The lowest BCUT2D eigenvalue weighted by atomic mass is 9.91. The number of likely N-dealkylation sites (tertiary alicyclic amines) is 1. The smallest absolute Gasteiger partial charge is 0.273 e. The van der Waals surface area contributed by atoms with Crippen molar-refractivity contribution in [2.45, 2.75) is 25.9 Å². The van der Waals surface area contributed by atoms with Gasteiger partial charge in [-0.05, 0) is 25.5 Å². The van der Waals surface area contributed by atoms with Gasteiger partial charge >= 0.3 is 0 Å². The lowest BCUT2D eigenvalue weighted by molar-refractivity contribution is 0.0726. The number of nitrogens with zero attached hydrogens (tertiary/aromatic N) is 2. The Hall–Kier alpha value is -2.18. The summed E-state index contributed by atoms with van der Waals surface area (Å²) in [4.78, 5) is 18.7. The topological polar surface area (TPSA) is 78.6 Å². The quantitative estimate of drug-likeness (QED) is 0.871. The molecule has 2 N–H and O–H groups in total. The number of aliphatic hydroxyl groups excluding tert-OH is 1. The van der Waals surface area contributed by atoms with Crippen molar-refractivity contribution >= 4 is 5.91 Å². The number of carbonyl (C=O) groups is 1. The number of benzene rings is 1. The molecule has 1 amide bonds. The second-order valence-corrected chi connectivity index (χ2v) is 6.29. The molecule has 1 saturated heterocycles. The molecule has 0 spiro atoms. The molecule has 2 atom stereocenters. The van der Waals surface area contributed by atoms with E-state index in [1.54, 1.807) is 6.92 Å². The summed E-state index contributed by atoms with van der Waals surface area (Å²) in [6.45, 7) is 4.25. The average molecular weight is 329 g/mol. The van der Waals surface area contributed by atoms with E-state index in [9.17, 15) is 9.90 Å². The van der Waals surface area contributed by atoms with Crippen molar-refractivity contribution in [1.29, 1.82) is 0 Å². The minimum absolute atomic E-state index is 0.0631. The molecule has 0 saturated carbocycles. The third kappa shape index (κ3) is 3.83. The fraction of sp³-hybridized carbons (Fsp3) is 0.444. The van der Waals surface area contributed by atoms with Crippen LogP contribution in [0.15, 0.2) is 41.1 Å².